The molecule has 2 heterocycles. The van der Waals surface area contributed by atoms with Crippen LogP contribution in [0.3, 0.4) is 0 Å². The van der Waals surface area contributed by atoms with Crippen molar-refractivity contribution in [2.45, 2.75) is 31.9 Å². The molecule has 25 heavy (non-hydrogen) atoms. The number of aromatic nitrogens is 1. The van der Waals surface area contributed by atoms with Crippen molar-refractivity contribution in [3.63, 3.8) is 0 Å². The maximum Gasteiger partial charge on any atom is 0.305 e. The molecule has 132 valence electrons. The molecule has 0 spiro atoms. The van der Waals surface area contributed by atoms with Gasteiger partial charge in [-0.3, -0.25) is 9.59 Å². The lowest BCUT2D eigenvalue weighted by atomic mass is 10.1. The molecule has 8 heteroatoms. The van der Waals surface area contributed by atoms with Crippen LogP contribution in [0.25, 0.3) is 0 Å². The van der Waals surface area contributed by atoms with Gasteiger partial charge in [-0.25, -0.2) is 4.39 Å². The molecule has 0 bridgehead atoms. The Bertz CT molecular complexity index is 776. The summed E-state index contributed by atoms with van der Waals surface area (Å²) in [5, 5.41) is 12.7. The van der Waals surface area contributed by atoms with Crippen molar-refractivity contribution in [2.24, 2.45) is 0 Å². The Morgan fingerprint density at radius 2 is 2.20 bits per heavy atom. The lowest BCUT2D eigenvalue weighted by molar-refractivity contribution is -0.137. The van der Waals surface area contributed by atoms with Gasteiger partial charge in [0.1, 0.15) is 6.61 Å². The molecular formula is C17H17FN2O5. The van der Waals surface area contributed by atoms with Gasteiger partial charge in [-0.05, 0) is 25.0 Å². The van der Waals surface area contributed by atoms with Crippen LogP contribution < -0.4 is 4.74 Å². The van der Waals surface area contributed by atoms with E-state index in [-0.39, 0.29) is 42.2 Å². The molecule has 3 rings (SSSR count). The van der Waals surface area contributed by atoms with E-state index in [2.05, 4.69) is 5.16 Å². The molecule has 1 amide bonds. The first-order chi connectivity index (χ1) is 12.0. The average molecular weight is 348 g/mol. The van der Waals surface area contributed by atoms with Gasteiger partial charge in [0.15, 0.2) is 23.0 Å². The van der Waals surface area contributed by atoms with E-state index in [1.54, 1.807) is 12.1 Å². The highest BCUT2D eigenvalue weighted by molar-refractivity contribution is 5.93. The van der Waals surface area contributed by atoms with E-state index in [0.717, 1.165) is 6.42 Å². The van der Waals surface area contributed by atoms with E-state index < -0.39 is 11.8 Å². The molecule has 0 radical (unpaired) electrons. The molecule has 1 aromatic heterocycles. The summed E-state index contributed by atoms with van der Waals surface area (Å²) in [6, 6.07) is 7.05. The molecular weight excluding hydrogens is 331 g/mol. The molecule has 1 aliphatic heterocycles. The van der Waals surface area contributed by atoms with Crippen LogP contribution in [0.5, 0.6) is 5.75 Å². The smallest absolute Gasteiger partial charge is 0.305 e. The van der Waals surface area contributed by atoms with Gasteiger partial charge in [0.25, 0.3) is 5.91 Å². The van der Waals surface area contributed by atoms with E-state index in [0.29, 0.717) is 13.0 Å². The summed E-state index contributed by atoms with van der Waals surface area (Å²) < 4.78 is 23.9. The molecule has 1 N–H and O–H groups in total. The summed E-state index contributed by atoms with van der Waals surface area (Å²) in [6.45, 7) is 0.421. The van der Waals surface area contributed by atoms with Crippen LogP contribution in [0.1, 0.15) is 35.5 Å². The van der Waals surface area contributed by atoms with E-state index in [1.165, 1.54) is 23.1 Å². The van der Waals surface area contributed by atoms with Gasteiger partial charge in [-0.2, -0.15) is 0 Å². The van der Waals surface area contributed by atoms with Crippen LogP contribution in [0.15, 0.2) is 34.9 Å². The molecule has 1 unspecified atom stereocenters. The predicted octanol–water partition coefficient (Wildman–Crippen LogP) is 2.47. The number of rotatable bonds is 6. The molecule has 1 atom stereocenters. The third-order valence-corrected chi connectivity index (χ3v) is 4.03. The summed E-state index contributed by atoms with van der Waals surface area (Å²) in [7, 11) is 0. The highest BCUT2D eigenvalue weighted by atomic mass is 19.1. The van der Waals surface area contributed by atoms with Gasteiger partial charge in [-0.15, -0.1) is 0 Å². The first-order valence-electron chi connectivity index (χ1n) is 7.90. The number of amides is 1. The molecule has 2 aromatic rings. The van der Waals surface area contributed by atoms with Crippen LogP contribution >= 0.6 is 0 Å². The molecule has 1 aromatic carbocycles. The zero-order chi connectivity index (χ0) is 17.8. The molecule has 7 nitrogen and oxygen atoms in total. The van der Waals surface area contributed by atoms with Gasteiger partial charge >= 0.3 is 5.97 Å². The number of carbonyl (C=O) groups is 2. The van der Waals surface area contributed by atoms with Crippen molar-refractivity contribution >= 4 is 11.9 Å². The highest BCUT2D eigenvalue weighted by Gasteiger charge is 2.32. The van der Waals surface area contributed by atoms with Crippen LogP contribution in [-0.2, 0) is 11.4 Å². The van der Waals surface area contributed by atoms with E-state index in [9.17, 15) is 14.0 Å². The second-order valence-corrected chi connectivity index (χ2v) is 5.79. The first kappa shape index (κ1) is 16.9. The van der Waals surface area contributed by atoms with Crippen LogP contribution in [0.2, 0.25) is 0 Å². The minimum Gasteiger partial charge on any atom is -0.482 e. The van der Waals surface area contributed by atoms with Gasteiger partial charge in [0.2, 0.25) is 0 Å². The molecule has 0 aliphatic carbocycles. The van der Waals surface area contributed by atoms with E-state index in [4.69, 9.17) is 14.4 Å². The Morgan fingerprint density at radius 3 is 2.96 bits per heavy atom. The Hall–Kier alpha value is -2.90. The topological polar surface area (TPSA) is 92.9 Å². The fraction of sp³-hybridized carbons (Fsp3) is 0.353. The maximum atomic E-state index is 13.5. The van der Waals surface area contributed by atoms with Crippen molar-refractivity contribution in [1.82, 2.24) is 10.1 Å². The van der Waals surface area contributed by atoms with Crippen LogP contribution in [-0.4, -0.2) is 39.6 Å². The number of carbonyl (C=O) groups excluding carboxylic acids is 1. The van der Waals surface area contributed by atoms with Crippen molar-refractivity contribution in [1.29, 1.82) is 0 Å². The van der Waals surface area contributed by atoms with Crippen LogP contribution in [0.4, 0.5) is 4.39 Å². The van der Waals surface area contributed by atoms with E-state index in [1.807, 2.05) is 0 Å². The highest BCUT2D eigenvalue weighted by Crippen LogP contribution is 2.23. The van der Waals surface area contributed by atoms with Crippen molar-refractivity contribution < 1.29 is 28.3 Å². The second kappa shape index (κ2) is 7.33. The fourth-order valence-corrected chi connectivity index (χ4v) is 2.86. The lowest BCUT2D eigenvalue weighted by Crippen LogP contribution is -2.37. The van der Waals surface area contributed by atoms with Gasteiger partial charge in [-0.1, -0.05) is 17.3 Å². The summed E-state index contributed by atoms with van der Waals surface area (Å²) >= 11 is 0. The van der Waals surface area contributed by atoms with Crippen molar-refractivity contribution in [2.75, 3.05) is 6.54 Å². The average Bonchev–Trinajstić information content (AvgIpc) is 3.22. The number of hydrogen-bond donors (Lipinski definition) is 1. The number of aliphatic carboxylic acids is 1. The van der Waals surface area contributed by atoms with Crippen molar-refractivity contribution in [3.8, 4) is 5.75 Å². The molecule has 1 aliphatic rings. The normalized spacial score (nSPS) is 16.8. The number of ether oxygens (including phenoxy) is 1. The number of carboxylic acid groups (broad SMARTS) is 1. The largest absolute Gasteiger partial charge is 0.482 e. The summed E-state index contributed by atoms with van der Waals surface area (Å²) in [5.74, 6) is -1.45. The molecule has 0 saturated carbocycles. The minimum absolute atomic E-state index is 0.0697. The zero-order valence-electron chi connectivity index (χ0n) is 13.4. The monoisotopic (exact) mass is 348 g/mol. The predicted molar refractivity (Wildman–Crippen MR) is 83.5 cm³/mol. The number of benzene rings is 1. The Kier molecular flexibility index (Phi) is 4.97. The third-order valence-electron chi connectivity index (χ3n) is 4.03. The number of hydrogen-bond acceptors (Lipinski definition) is 5. The number of carboxylic acids is 1. The second-order valence-electron chi connectivity index (χ2n) is 5.79. The Labute approximate surface area is 143 Å². The van der Waals surface area contributed by atoms with Crippen LogP contribution in [0, 0.1) is 5.82 Å². The summed E-state index contributed by atoms with van der Waals surface area (Å²) in [6.07, 6.45) is 1.32. The number of halogens is 1. The Morgan fingerprint density at radius 1 is 1.40 bits per heavy atom. The SMILES string of the molecule is O=C(O)CC1CCCN1C(=O)c1cc(COc2ccccc2F)on1. The standard InChI is InChI=1S/C17H17FN2O5/c18-13-5-1-2-6-15(13)24-10-12-9-14(19-25-12)17(23)20-7-3-4-11(20)8-16(21)22/h1-2,5-6,9,11H,3-4,7-8,10H2,(H,21,22). The first-order valence-corrected chi connectivity index (χ1v) is 7.90. The maximum absolute atomic E-state index is 13.5. The van der Waals surface area contributed by atoms with Crippen molar-refractivity contribution in [3.05, 3.63) is 47.6 Å². The minimum atomic E-state index is -0.941. The van der Waals surface area contributed by atoms with Gasteiger partial charge in [0.05, 0.1) is 6.42 Å². The molecule has 1 saturated heterocycles. The number of para-hydroxylation sites is 1. The third kappa shape index (κ3) is 3.96. The zero-order valence-corrected chi connectivity index (χ0v) is 13.4. The fourth-order valence-electron chi connectivity index (χ4n) is 2.86. The quantitative estimate of drug-likeness (QED) is 0.862. The van der Waals surface area contributed by atoms with Gasteiger partial charge in [0, 0.05) is 18.7 Å². The summed E-state index contributed by atoms with van der Waals surface area (Å²) in [5.41, 5.74) is 0.0874. The number of likely N-dealkylation sites (tertiary alicyclic amines) is 1. The van der Waals surface area contributed by atoms with Gasteiger partial charge < -0.3 is 19.3 Å². The summed E-state index contributed by atoms with van der Waals surface area (Å²) in [4.78, 5) is 24.9. The Balaban J connectivity index is 1.63. The lowest BCUT2D eigenvalue weighted by Gasteiger charge is -2.22. The molecule has 1 fully saturated rings. The number of nitrogens with zero attached hydrogens (tertiary/aromatic N) is 2. The van der Waals surface area contributed by atoms with E-state index >= 15 is 0 Å².